The van der Waals surface area contributed by atoms with Gasteiger partial charge in [0, 0.05) is 31.7 Å². The second kappa shape index (κ2) is 12.5. The molecule has 0 bridgehead atoms. The lowest BCUT2D eigenvalue weighted by molar-refractivity contribution is 0.158. The summed E-state index contributed by atoms with van der Waals surface area (Å²) in [5.41, 5.74) is 0.652. The van der Waals surface area contributed by atoms with Crippen molar-refractivity contribution in [3.8, 4) is 0 Å². The van der Waals surface area contributed by atoms with Gasteiger partial charge in [-0.1, -0.05) is 24.6 Å². The van der Waals surface area contributed by atoms with Crippen molar-refractivity contribution in [2.24, 2.45) is 4.99 Å². The van der Waals surface area contributed by atoms with Gasteiger partial charge < -0.3 is 15.5 Å². The number of rotatable bonds is 7. The molecule has 1 saturated heterocycles. The van der Waals surface area contributed by atoms with E-state index in [4.69, 9.17) is 0 Å². The van der Waals surface area contributed by atoms with Gasteiger partial charge in [0.2, 0.25) is 0 Å². The minimum absolute atomic E-state index is 0. The molecule has 1 unspecified atom stereocenters. The highest BCUT2D eigenvalue weighted by molar-refractivity contribution is 14.0. The zero-order valence-electron chi connectivity index (χ0n) is 15.4. The van der Waals surface area contributed by atoms with Crippen molar-refractivity contribution in [3.63, 3.8) is 0 Å². The van der Waals surface area contributed by atoms with E-state index in [1.807, 2.05) is 6.07 Å². The van der Waals surface area contributed by atoms with Gasteiger partial charge in [0.1, 0.15) is 5.82 Å². The van der Waals surface area contributed by atoms with Gasteiger partial charge in [-0.2, -0.15) is 0 Å². The number of halogens is 2. The monoisotopic (exact) mass is 462 g/mol. The average Bonchev–Trinajstić information content (AvgIpc) is 2.60. The third-order valence-corrected chi connectivity index (χ3v) is 4.73. The largest absolute Gasteiger partial charge is 0.356 e. The fraction of sp³-hybridized carbons (Fsp3) is 0.632. The molecule has 0 aromatic heterocycles. The van der Waals surface area contributed by atoms with Gasteiger partial charge >= 0.3 is 0 Å². The molecule has 1 aromatic rings. The highest BCUT2D eigenvalue weighted by Crippen LogP contribution is 2.16. The van der Waals surface area contributed by atoms with E-state index in [0.29, 0.717) is 12.1 Å². The Bertz CT molecular complexity index is 524. The first-order valence-electron chi connectivity index (χ1n) is 9.12. The summed E-state index contributed by atoms with van der Waals surface area (Å²) in [6.07, 6.45) is 6.37. The number of nitrogens with zero attached hydrogens (tertiary/aromatic N) is 2. The van der Waals surface area contributed by atoms with Gasteiger partial charge in [-0.05, 0) is 51.8 Å². The number of hydrogen-bond acceptors (Lipinski definition) is 2. The fourth-order valence-electron chi connectivity index (χ4n) is 3.18. The molecular formula is C19H32FIN4. The van der Waals surface area contributed by atoms with Gasteiger partial charge in [0.05, 0.1) is 0 Å². The van der Waals surface area contributed by atoms with Crippen molar-refractivity contribution in [1.29, 1.82) is 0 Å². The molecule has 0 amide bonds. The van der Waals surface area contributed by atoms with Gasteiger partial charge in [0.25, 0.3) is 0 Å². The molecule has 0 spiro atoms. The number of aliphatic imine (C=N–C) groups is 1. The summed E-state index contributed by atoms with van der Waals surface area (Å²) in [5, 5.41) is 6.47. The van der Waals surface area contributed by atoms with E-state index < -0.39 is 0 Å². The van der Waals surface area contributed by atoms with Crippen molar-refractivity contribution in [1.82, 2.24) is 15.5 Å². The van der Waals surface area contributed by atoms with Crippen LogP contribution < -0.4 is 10.6 Å². The summed E-state index contributed by atoms with van der Waals surface area (Å²) in [4.78, 5) is 6.80. The molecule has 0 radical (unpaired) electrons. The topological polar surface area (TPSA) is 39.7 Å². The SMILES string of the molecule is CN=C(NCCCCN1CCCCC1C)NCc1ccccc1F.I. The lowest BCUT2D eigenvalue weighted by Crippen LogP contribution is -2.39. The van der Waals surface area contributed by atoms with Crippen LogP contribution in [0.5, 0.6) is 0 Å². The zero-order valence-corrected chi connectivity index (χ0v) is 17.8. The highest BCUT2D eigenvalue weighted by atomic mass is 127. The molecule has 6 heteroatoms. The molecule has 4 nitrogen and oxygen atoms in total. The molecule has 1 heterocycles. The first kappa shape index (κ1) is 22.2. The second-order valence-corrected chi connectivity index (χ2v) is 6.53. The quantitative estimate of drug-likeness (QED) is 0.281. The molecule has 25 heavy (non-hydrogen) atoms. The Labute approximate surface area is 168 Å². The Balaban J connectivity index is 0.00000312. The molecule has 1 atom stereocenters. The summed E-state index contributed by atoms with van der Waals surface area (Å²) >= 11 is 0. The molecule has 142 valence electrons. The zero-order chi connectivity index (χ0) is 17.2. The van der Waals surface area contributed by atoms with Gasteiger partial charge in [-0.15, -0.1) is 24.0 Å². The third-order valence-electron chi connectivity index (χ3n) is 4.73. The summed E-state index contributed by atoms with van der Waals surface area (Å²) in [6, 6.07) is 7.55. The van der Waals surface area contributed by atoms with Crippen LogP contribution in [-0.4, -0.2) is 43.6 Å². The Morgan fingerprint density at radius 1 is 1.24 bits per heavy atom. The van der Waals surface area contributed by atoms with E-state index in [1.165, 1.54) is 44.8 Å². The maximum Gasteiger partial charge on any atom is 0.191 e. The number of unbranched alkanes of at least 4 members (excludes halogenated alkanes) is 1. The van der Waals surface area contributed by atoms with Gasteiger partial charge in [-0.25, -0.2) is 4.39 Å². The smallest absolute Gasteiger partial charge is 0.191 e. The molecule has 1 fully saturated rings. The van der Waals surface area contributed by atoms with E-state index in [2.05, 4.69) is 27.4 Å². The van der Waals surface area contributed by atoms with Crippen LogP contribution in [0.1, 0.15) is 44.6 Å². The fourth-order valence-corrected chi connectivity index (χ4v) is 3.18. The van der Waals surface area contributed by atoms with E-state index in [0.717, 1.165) is 25.0 Å². The van der Waals surface area contributed by atoms with Crippen LogP contribution in [-0.2, 0) is 6.54 Å². The van der Waals surface area contributed by atoms with E-state index in [-0.39, 0.29) is 29.8 Å². The summed E-state index contributed by atoms with van der Waals surface area (Å²) < 4.78 is 13.6. The van der Waals surface area contributed by atoms with Gasteiger partial charge in [0.15, 0.2) is 5.96 Å². The highest BCUT2D eigenvalue weighted by Gasteiger charge is 2.16. The van der Waals surface area contributed by atoms with Crippen molar-refractivity contribution in [2.75, 3.05) is 26.7 Å². The van der Waals surface area contributed by atoms with Crippen LogP contribution in [0.15, 0.2) is 29.3 Å². The number of piperidine rings is 1. The lowest BCUT2D eigenvalue weighted by atomic mass is 10.0. The van der Waals surface area contributed by atoms with Crippen molar-refractivity contribution >= 4 is 29.9 Å². The van der Waals surface area contributed by atoms with Crippen molar-refractivity contribution in [3.05, 3.63) is 35.6 Å². The third kappa shape index (κ3) is 7.90. The normalized spacial score (nSPS) is 18.5. The van der Waals surface area contributed by atoms with Crippen molar-refractivity contribution < 1.29 is 4.39 Å². The molecule has 1 aliphatic rings. The van der Waals surface area contributed by atoms with E-state index >= 15 is 0 Å². The number of guanidine groups is 1. The average molecular weight is 462 g/mol. The van der Waals surface area contributed by atoms with Crippen LogP contribution in [0.4, 0.5) is 4.39 Å². The molecular weight excluding hydrogens is 430 g/mol. The maximum absolute atomic E-state index is 13.6. The Kier molecular flexibility index (Phi) is 11.0. The Morgan fingerprint density at radius 2 is 2.04 bits per heavy atom. The predicted molar refractivity (Wildman–Crippen MR) is 114 cm³/mol. The van der Waals surface area contributed by atoms with Crippen LogP contribution >= 0.6 is 24.0 Å². The summed E-state index contributed by atoms with van der Waals surface area (Å²) in [6.45, 7) is 6.10. The molecule has 2 rings (SSSR count). The second-order valence-electron chi connectivity index (χ2n) is 6.53. The minimum Gasteiger partial charge on any atom is -0.356 e. The number of nitrogens with one attached hydrogen (secondary N) is 2. The van der Waals surface area contributed by atoms with Crippen LogP contribution in [0.2, 0.25) is 0 Å². The van der Waals surface area contributed by atoms with Crippen molar-refractivity contribution in [2.45, 2.75) is 51.6 Å². The number of benzene rings is 1. The van der Waals surface area contributed by atoms with E-state index in [1.54, 1.807) is 19.2 Å². The molecule has 1 aliphatic heterocycles. The first-order valence-corrected chi connectivity index (χ1v) is 9.12. The number of hydrogen-bond donors (Lipinski definition) is 2. The predicted octanol–water partition coefficient (Wildman–Crippen LogP) is 3.76. The first-order chi connectivity index (χ1) is 11.7. The van der Waals surface area contributed by atoms with Crippen LogP contribution in [0.25, 0.3) is 0 Å². The lowest BCUT2D eigenvalue weighted by Gasteiger charge is -2.33. The minimum atomic E-state index is -0.184. The standard InChI is InChI=1S/C19H31FN4.HI/c1-16-9-5-7-13-24(16)14-8-6-12-22-19(21-2)23-15-17-10-3-4-11-18(17)20;/h3-4,10-11,16H,5-9,12-15H2,1-2H3,(H2,21,22,23);1H. The van der Waals surface area contributed by atoms with Gasteiger partial charge in [-0.3, -0.25) is 4.99 Å². The summed E-state index contributed by atoms with van der Waals surface area (Å²) in [7, 11) is 1.74. The van der Waals surface area contributed by atoms with E-state index in [9.17, 15) is 4.39 Å². The number of likely N-dealkylation sites (tertiary alicyclic amines) is 1. The summed E-state index contributed by atoms with van der Waals surface area (Å²) in [5.74, 6) is 0.542. The maximum atomic E-state index is 13.6. The van der Waals surface area contributed by atoms with Crippen LogP contribution in [0.3, 0.4) is 0 Å². The molecule has 0 aliphatic carbocycles. The van der Waals surface area contributed by atoms with Crippen LogP contribution in [0, 0.1) is 5.82 Å². The Morgan fingerprint density at radius 3 is 2.76 bits per heavy atom. The Hall–Kier alpha value is -0.890. The molecule has 1 aromatic carbocycles. The molecule has 0 saturated carbocycles. The molecule has 2 N–H and O–H groups in total.